The Morgan fingerprint density at radius 1 is 1.08 bits per heavy atom. The molecule has 0 fully saturated rings. The molecule has 3 rings (SSSR count). The average Bonchev–Trinajstić information content (AvgIpc) is 2.53. The summed E-state index contributed by atoms with van der Waals surface area (Å²) in [7, 11) is -8.57. The minimum absolute atomic E-state index is 0.106. The minimum atomic E-state index is -4.77. The Labute approximate surface area is 146 Å². The number of fused-ring (bicyclic) bond motifs is 1. The van der Waals surface area contributed by atoms with E-state index in [0.717, 1.165) is 36.7 Å². The summed E-state index contributed by atoms with van der Waals surface area (Å²) in [5.41, 5.74) is -1.73. The van der Waals surface area contributed by atoms with Crippen LogP contribution >= 0.6 is 0 Å². The molecule has 1 heterocycles. The summed E-state index contributed by atoms with van der Waals surface area (Å²) in [5, 5.41) is 2.54. The molecule has 138 valence electrons. The molecule has 0 aromatic heterocycles. The Bertz CT molecular complexity index is 1110. The van der Waals surface area contributed by atoms with Crippen molar-refractivity contribution in [3.8, 4) is 0 Å². The molecule has 0 atom stereocenters. The zero-order valence-electron chi connectivity index (χ0n) is 12.6. The highest BCUT2D eigenvalue weighted by Crippen LogP contribution is 2.36. The molecule has 0 bridgehead atoms. The number of nitrogens with one attached hydrogen (secondary N) is 2. The van der Waals surface area contributed by atoms with Crippen molar-refractivity contribution in [3.63, 3.8) is 0 Å². The highest BCUT2D eigenvalue weighted by molar-refractivity contribution is 7.93. The second-order valence-corrected chi connectivity index (χ2v) is 8.44. The largest absolute Gasteiger partial charge is 0.418 e. The molecule has 2 aromatic rings. The van der Waals surface area contributed by atoms with Crippen LogP contribution in [0.4, 0.5) is 24.5 Å². The van der Waals surface area contributed by atoms with Gasteiger partial charge in [-0.1, -0.05) is 12.1 Å². The Balaban J connectivity index is 2.04. The molecule has 0 amide bonds. The van der Waals surface area contributed by atoms with Gasteiger partial charge in [0.05, 0.1) is 21.8 Å². The first kappa shape index (κ1) is 18.2. The van der Waals surface area contributed by atoms with Crippen LogP contribution in [0.25, 0.3) is 0 Å². The van der Waals surface area contributed by atoms with Gasteiger partial charge >= 0.3 is 6.18 Å². The number of para-hydroxylation sites is 1. The zero-order valence-corrected chi connectivity index (χ0v) is 14.3. The topological polar surface area (TPSA) is 105 Å². The predicted octanol–water partition coefficient (Wildman–Crippen LogP) is 2.65. The number of hydrogen-bond acceptors (Lipinski definition) is 5. The SMILES string of the molecule is O=S1(=O)N=CNc2ccc(S(=O)(=O)Nc3ccccc3C(F)(F)F)cc21. The third-order valence-electron chi connectivity index (χ3n) is 3.43. The summed E-state index contributed by atoms with van der Waals surface area (Å²) in [5.74, 6) is 0. The Morgan fingerprint density at radius 2 is 1.77 bits per heavy atom. The van der Waals surface area contributed by atoms with Crippen LogP contribution in [0.5, 0.6) is 0 Å². The van der Waals surface area contributed by atoms with Crippen LogP contribution in [0.2, 0.25) is 0 Å². The Morgan fingerprint density at radius 3 is 2.46 bits per heavy atom. The molecule has 7 nitrogen and oxygen atoms in total. The molecule has 0 radical (unpaired) electrons. The molecule has 0 saturated carbocycles. The number of rotatable bonds is 3. The van der Waals surface area contributed by atoms with Crippen molar-refractivity contribution in [2.24, 2.45) is 4.40 Å². The van der Waals surface area contributed by atoms with E-state index < -0.39 is 47.3 Å². The summed E-state index contributed by atoms with van der Waals surface area (Å²) in [6.45, 7) is 0. The van der Waals surface area contributed by atoms with Crippen molar-refractivity contribution >= 4 is 37.8 Å². The van der Waals surface area contributed by atoms with Crippen molar-refractivity contribution in [2.45, 2.75) is 16.0 Å². The molecule has 1 aliphatic heterocycles. The van der Waals surface area contributed by atoms with E-state index in [1.54, 1.807) is 0 Å². The second kappa shape index (κ2) is 5.99. The molecular formula is C14H10F3N3O4S2. The third kappa shape index (κ3) is 3.37. The van der Waals surface area contributed by atoms with Crippen LogP contribution in [-0.2, 0) is 26.2 Å². The average molecular weight is 405 g/mol. The van der Waals surface area contributed by atoms with E-state index in [2.05, 4.69) is 9.71 Å². The number of sulfonamides is 2. The zero-order chi connectivity index (χ0) is 19.2. The van der Waals surface area contributed by atoms with Crippen molar-refractivity contribution in [2.75, 3.05) is 10.0 Å². The fourth-order valence-electron chi connectivity index (χ4n) is 2.25. The number of halogens is 3. The molecule has 0 saturated heterocycles. The molecule has 2 aromatic carbocycles. The summed E-state index contributed by atoms with van der Waals surface area (Å²) < 4.78 is 92.8. The lowest BCUT2D eigenvalue weighted by Crippen LogP contribution is -2.18. The number of alkyl halides is 3. The fourth-order valence-corrected chi connectivity index (χ4v) is 4.41. The van der Waals surface area contributed by atoms with Gasteiger partial charge in [0.15, 0.2) is 0 Å². The normalized spacial score (nSPS) is 15.8. The standard InChI is InChI=1S/C14H10F3N3O4S2/c15-14(16,17)10-3-1-2-4-11(10)20-25(21,22)9-5-6-12-13(7-9)26(23,24)19-8-18-12/h1-8,20H,(H,18,19). The first-order valence-corrected chi connectivity index (χ1v) is 9.81. The van der Waals surface area contributed by atoms with E-state index in [-0.39, 0.29) is 5.69 Å². The van der Waals surface area contributed by atoms with Crippen LogP contribution < -0.4 is 10.0 Å². The summed E-state index contributed by atoms with van der Waals surface area (Å²) in [6.07, 6.45) is -3.83. The highest BCUT2D eigenvalue weighted by atomic mass is 32.2. The van der Waals surface area contributed by atoms with Gasteiger partial charge in [-0.25, -0.2) is 8.42 Å². The molecule has 12 heteroatoms. The highest BCUT2D eigenvalue weighted by Gasteiger charge is 2.34. The van der Waals surface area contributed by atoms with Gasteiger partial charge < -0.3 is 5.32 Å². The number of hydrogen-bond donors (Lipinski definition) is 2. The van der Waals surface area contributed by atoms with E-state index in [4.69, 9.17) is 0 Å². The fraction of sp³-hybridized carbons (Fsp3) is 0.0714. The van der Waals surface area contributed by atoms with E-state index in [0.29, 0.717) is 0 Å². The van der Waals surface area contributed by atoms with Crippen LogP contribution in [0.1, 0.15) is 5.56 Å². The molecule has 1 aliphatic rings. The molecule has 0 spiro atoms. The van der Waals surface area contributed by atoms with Gasteiger partial charge in [0.2, 0.25) is 0 Å². The quantitative estimate of drug-likeness (QED) is 0.817. The van der Waals surface area contributed by atoms with Gasteiger partial charge in [0.1, 0.15) is 11.2 Å². The third-order valence-corrected chi connectivity index (χ3v) is 6.07. The van der Waals surface area contributed by atoms with E-state index in [1.807, 2.05) is 4.72 Å². The van der Waals surface area contributed by atoms with Crippen LogP contribution in [0, 0.1) is 0 Å². The lowest BCUT2D eigenvalue weighted by molar-refractivity contribution is -0.136. The second-order valence-electron chi connectivity index (χ2n) is 5.16. The molecular weight excluding hydrogens is 395 g/mol. The lowest BCUT2D eigenvalue weighted by Gasteiger charge is -2.16. The Hall–Kier alpha value is -2.60. The van der Waals surface area contributed by atoms with E-state index in [1.165, 1.54) is 12.1 Å². The first-order chi connectivity index (χ1) is 12.0. The number of nitrogens with zero attached hydrogens (tertiary/aromatic N) is 1. The van der Waals surface area contributed by atoms with Gasteiger partial charge in [0.25, 0.3) is 20.0 Å². The minimum Gasteiger partial charge on any atom is -0.345 e. The Kier molecular flexibility index (Phi) is 4.19. The maximum atomic E-state index is 13.0. The van der Waals surface area contributed by atoms with Crippen LogP contribution in [0.15, 0.2) is 56.7 Å². The van der Waals surface area contributed by atoms with Crippen LogP contribution in [-0.4, -0.2) is 23.2 Å². The number of anilines is 2. The maximum absolute atomic E-state index is 13.0. The van der Waals surface area contributed by atoms with Gasteiger partial charge in [-0.05, 0) is 30.3 Å². The van der Waals surface area contributed by atoms with Gasteiger partial charge in [-0.2, -0.15) is 21.6 Å². The van der Waals surface area contributed by atoms with Crippen LogP contribution in [0.3, 0.4) is 0 Å². The van der Waals surface area contributed by atoms with Gasteiger partial charge in [-0.15, -0.1) is 4.40 Å². The molecule has 26 heavy (non-hydrogen) atoms. The monoisotopic (exact) mass is 405 g/mol. The molecule has 2 N–H and O–H groups in total. The molecule has 0 unspecified atom stereocenters. The first-order valence-electron chi connectivity index (χ1n) is 6.89. The predicted molar refractivity (Wildman–Crippen MR) is 88.0 cm³/mol. The lowest BCUT2D eigenvalue weighted by atomic mass is 10.2. The van der Waals surface area contributed by atoms with Gasteiger partial charge in [0, 0.05) is 0 Å². The van der Waals surface area contributed by atoms with Crippen molar-refractivity contribution in [3.05, 3.63) is 48.0 Å². The van der Waals surface area contributed by atoms with E-state index in [9.17, 15) is 30.0 Å². The maximum Gasteiger partial charge on any atom is 0.418 e. The van der Waals surface area contributed by atoms with Crippen molar-refractivity contribution in [1.82, 2.24) is 0 Å². The molecule has 0 aliphatic carbocycles. The van der Waals surface area contributed by atoms with E-state index >= 15 is 0 Å². The summed E-state index contributed by atoms with van der Waals surface area (Å²) in [4.78, 5) is -0.914. The van der Waals surface area contributed by atoms with Crippen molar-refractivity contribution in [1.29, 1.82) is 0 Å². The van der Waals surface area contributed by atoms with Gasteiger partial charge in [-0.3, -0.25) is 4.72 Å². The summed E-state index contributed by atoms with van der Waals surface area (Å²) >= 11 is 0. The summed E-state index contributed by atoms with van der Waals surface area (Å²) in [6, 6.07) is 7.13. The van der Waals surface area contributed by atoms with Crippen molar-refractivity contribution < 1.29 is 30.0 Å². The smallest absolute Gasteiger partial charge is 0.345 e. The number of benzene rings is 2.